The Kier molecular flexibility index (Phi) is 2.31. The molecule has 0 aromatic heterocycles. The zero-order chi connectivity index (χ0) is 13.3. The van der Waals surface area contributed by atoms with Crippen molar-refractivity contribution in [3.8, 4) is 0 Å². The topological polar surface area (TPSA) is 57.5 Å². The zero-order valence-electron chi connectivity index (χ0n) is 11.5. The van der Waals surface area contributed by atoms with Gasteiger partial charge >= 0.3 is 5.97 Å². The Labute approximate surface area is 103 Å². The third-order valence-corrected chi connectivity index (χ3v) is 6.52. The summed E-state index contributed by atoms with van der Waals surface area (Å²) in [4.78, 5) is 11.7. The van der Waals surface area contributed by atoms with Crippen molar-refractivity contribution in [3.63, 3.8) is 0 Å². The van der Waals surface area contributed by atoms with E-state index in [0.29, 0.717) is 12.8 Å². The molecule has 0 aliphatic heterocycles. The van der Waals surface area contributed by atoms with Crippen LogP contribution in [0.15, 0.2) is 0 Å². The van der Waals surface area contributed by atoms with Gasteiger partial charge in [-0.3, -0.25) is 4.79 Å². The summed E-state index contributed by atoms with van der Waals surface area (Å²) in [7, 11) is 0. The Bertz CT molecular complexity index is 374. The number of carbonyl (C=O) groups is 1. The van der Waals surface area contributed by atoms with Gasteiger partial charge in [0.1, 0.15) is 0 Å². The van der Waals surface area contributed by atoms with Gasteiger partial charge < -0.3 is 10.2 Å². The summed E-state index contributed by atoms with van der Waals surface area (Å²) in [6.07, 6.45) is 1.90. The number of rotatable bonds is 2. The van der Waals surface area contributed by atoms with E-state index >= 15 is 0 Å². The van der Waals surface area contributed by atoms with Crippen molar-refractivity contribution >= 4 is 5.97 Å². The van der Waals surface area contributed by atoms with Crippen molar-refractivity contribution in [2.24, 2.45) is 22.2 Å². The second kappa shape index (κ2) is 3.05. The second-order valence-corrected chi connectivity index (χ2v) is 7.10. The summed E-state index contributed by atoms with van der Waals surface area (Å²) >= 11 is 0. The highest BCUT2D eigenvalue weighted by Gasteiger charge is 2.78. The lowest BCUT2D eigenvalue weighted by atomic mass is 9.60. The van der Waals surface area contributed by atoms with Gasteiger partial charge in [-0.2, -0.15) is 0 Å². The fourth-order valence-electron chi connectivity index (χ4n) is 4.63. The molecule has 3 atom stereocenters. The third kappa shape index (κ3) is 1.05. The van der Waals surface area contributed by atoms with Crippen LogP contribution in [-0.4, -0.2) is 21.8 Å². The first-order valence-electron chi connectivity index (χ1n) is 6.51. The number of fused-ring (bicyclic) bond motifs is 2. The van der Waals surface area contributed by atoms with E-state index in [4.69, 9.17) is 0 Å². The molecule has 2 aliphatic rings. The van der Waals surface area contributed by atoms with Gasteiger partial charge in [-0.1, -0.05) is 34.6 Å². The minimum atomic E-state index is -0.854. The summed E-state index contributed by atoms with van der Waals surface area (Å²) in [6.45, 7) is 10.1. The largest absolute Gasteiger partial charge is 0.481 e. The van der Waals surface area contributed by atoms with Crippen LogP contribution in [0, 0.1) is 22.2 Å². The van der Waals surface area contributed by atoms with E-state index < -0.39 is 17.0 Å². The molecule has 2 rings (SSSR count). The number of carboxylic acid groups (broad SMARTS) is 1. The SMILES string of the molecule is CC(C)C1(O)CC2(C(=O)O)CCC1(C)C2(C)C. The van der Waals surface area contributed by atoms with Gasteiger partial charge in [-0.15, -0.1) is 0 Å². The van der Waals surface area contributed by atoms with Crippen LogP contribution >= 0.6 is 0 Å². The summed E-state index contributed by atoms with van der Waals surface area (Å²) in [5.74, 6) is -0.643. The van der Waals surface area contributed by atoms with Crippen LogP contribution in [-0.2, 0) is 4.79 Å². The lowest BCUT2D eigenvalue weighted by Gasteiger charge is -2.47. The summed E-state index contributed by atoms with van der Waals surface area (Å²) in [5, 5.41) is 20.6. The molecule has 2 N–H and O–H groups in total. The van der Waals surface area contributed by atoms with Crippen molar-refractivity contribution in [1.29, 1.82) is 0 Å². The van der Waals surface area contributed by atoms with Crippen LogP contribution in [0.2, 0.25) is 0 Å². The van der Waals surface area contributed by atoms with Crippen LogP contribution in [0.4, 0.5) is 0 Å². The molecule has 2 bridgehead atoms. The van der Waals surface area contributed by atoms with Gasteiger partial charge in [0.15, 0.2) is 0 Å². The minimum Gasteiger partial charge on any atom is -0.481 e. The first-order valence-corrected chi connectivity index (χ1v) is 6.51. The van der Waals surface area contributed by atoms with Crippen molar-refractivity contribution in [3.05, 3.63) is 0 Å². The molecular weight excluding hydrogens is 216 g/mol. The van der Waals surface area contributed by atoms with E-state index in [1.54, 1.807) is 0 Å². The first-order chi connectivity index (χ1) is 7.55. The highest BCUT2D eigenvalue weighted by atomic mass is 16.4. The van der Waals surface area contributed by atoms with Gasteiger partial charge in [0, 0.05) is 5.41 Å². The molecule has 0 heterocycles. The second-order valence-electron chi connectivity index (χ2n) is 7.10. The maximum atomic E-state index is 11.7. The summed E-state index contributed by atoms with van der Waals surface area (Å²) < 4.78 is 0. The molecule has 3 unspecified atom stereocenters. The van der Waals surface area contributed by atoms with Crippen molar-refractivity contribution in [1.82, 2.24) is 0 Å². The van der Waals surface area contributed by atoms with E-state index in [1.807, 2.05) is 27.7 Å². The molecule has 3 heteroatoms. The Morgan fingerprint density at radius 1 is 1.18 bits per heavy atom. The maximum Gasteiger partial charge on any atom is 0.310 e. The highest BCUT2D eigenvalue weighted by molar-refractivity contribution is 5.78. The number of hydrogen-bond acceptors (Lipinski definition) is 2. The number of aliphatic carboxylic acids is 1. The van der Waals surface area contributed by atoms with Crippen molar-refractivity contribution < 1.29 is 15.0 Å². The molecule has 0 radical (unpaired) electrons. The van der Waals surface area contributed by atoms with Crippen LogP contribution < -0.4 is 0 Å². The lowest BCUT2D eigenvalue weighted by Crippen LogP contribution is -2.50. The molecule has 2 saturated carbocycles. The maximum absolute atomic E-state index is 11.7. The number of aliphatic hydroxyl groups is 1. The van der Waals surface area contributed by atoms with E-state index in [9.17, 15) is 15.0 Å². The number of carboxylic acids is 1. The summed E-state index contributed by atoms with van der Waals surface area (Å²) in [5.41, 5.74) is -2.26. The van der Waals surface area contributed by atoms with Crippen LogP contribution in [0.3, 0.4) is 0 Å². The van der Waals surface area contributed by atoms with Gasteiger partial charge in [-0.05, 0) is 30.6 Å². The van der Waals surface area contributed by atoms with Crippen molar-refractivity contribution in [2.75, 3.05) is 0 Å². The van der Waals surface area contributed by atoms with E-state index in [-0.39, 0.29) is 16.7 Å². The molecule has 3 nitrogen and oxygen atoms in total. The summed E-state index contributed by atoms with van der Waals surface area (Å²) in [6, 6.07) is 0. The Balaban J connectivity index is 2.62. The quantitative estimate of drug-likeness (QED) is 0.780. The van der Waals surface area contributed by atoms with Crippen LogP contribution in [0.25, 0.3) is 0 Å². The Hall–Kier alpha value is -0.570. The minimum absolute atomic E-state index is 0.0910. The van der Waals surface area contributed by atoms with E-state index in [2.05, 4.69) is 6.92 Å². The van der Waals surface area contributed by atoms with Crippen LogP contribution in [0.5, 0.6) is 0 Å². The molecule has 2 aliphatic carbocycles. The molecule has 0 spiro atoms. The Morgan fingerprint density at radius 2 is 1.71 bits per heavy atom. The molecule has 0 amide bonds. The fraction of sp³-hybridized carbons (Fsp3) is 0.929. The zero-order valence-corrected chi connectivity index (χ0v) is 11.5. The number of hydrogen-bond donors (Lipinski definition) is 2. The monoisotopic (exact) mass is 240 g/mol. The first kappa shape index (κ1) is 12.9. The van der Waals surface area contributed by atoms with Gasteiger partial charge in [0.25, 0.3) is 0 Å². The van der Waals surface area contributed by atoms with E-state index in [0.717, 1.165) is 6.42 Å². The lowest BCUT2D eigenvalue weighted by molar-refractivity contribution is -0.155. The molecule has 98 valence electrons. The molecule has 2 fully saturated rings. The smallest absolute Gasteiger partial charge is 0.310 e. The van der Waals surface area contributed by atoms with Gasteiger partial charge in [-0.25, -0.2) is 0 Å². The molecule has 17 heavy (non-hydrogen) atoms. The predicted octanol–water partition coefficient (Wildman–Crippen LogP) is 2.67. The fourth-order valence-corrected chi connectivity index (χ4v) is 4.63. The third-order valence-electron chi connectivity index (χ3n) is 6.52. The van der Waals surface area contributed by atoms with Gasteiger partial charge in [0.2, 0.25) is 0 Å². The Morgan fingerprint density at radius 3 is 2.00 bits per heavy atom. The molecule has 0 aromatic rings. The predicted molar refractivity (Wildman–Crippen MR) is 65.6 cm³/mol. The average Bonchev–Trinajstić information content (AvgIpc) is 2.47. The molecule has 0 saturated heterocycles. The van der Waals surface area contributed by atoms with Crippen molar-refractivity contribution in [2.45, 2.75) is 59.5 Å². The average molecular weight is 240 g/mol. The van der Waals surface area contributed by atoms with Crippen LogP contribution in [0.1, 0.15) is 53.9 Å². The van der Waals surface area contributed by atoms with E-state index in [1.165, 1.54) is 0 Å². The molecular formula is C14H24O3. The molecule has 0 aromatic carbocycles. The standard InChI is InChI=1S/C14H24O3/c1-9(2)14(17)8-13(10(15)16)7-6-12(14,5)11(13,3)4/h9,17H,6-8H2,1-5H3,(H,15,16). The highest BCUT2D eigenvalue weighted by Crippen LogP contribution is 2.76. The van der Waals surface area contributed by atoms with Gasteiger partial charge in [0.05, 0.1) is 11.0 Å². The normalized spacial score (nSPS) is 47.7.